The summed E-state index contributed by atoms with van der Waals surface area (Å²) in [7, 11) is 1.09. The number of ether oxygens (including phenoxy) is 4. The van der Waals surface area contributed by atoms with Crippen LogP contribution < -0.4 is 0 Å². The SMILES string of the molecule is COC(=O)[C@]12OC[C@]34[C@H](C[C@@H]5C(C)=C(O)C(=O)C[C@@]5(C)[C@@H]3[C@H](O)[C@H]1O)OC(=O)[C@@H](OC(=O)C=C(C)C)[C@H]24. The molecular formula is C26H32O11. The molecule has 11 nitrogen and oxygen atoms in total. The van der Waals surface area contributed by atoms with Gasteiger partial charge < -0.3 is 34.3 Å². The summed E-state index contributed by atoms with van der Waals surface area (Å²) >= 11 is 0. The van der Waals surface area contributed by atoms with Gasteiger partial charge in [-0.25, -0.2) is 14.4 Å². The highest BCUT2D eigenvalue weighted by Gasteiger charge is 2.85. The first kappa shape index (κ1) is 25.9. The van der Waals surface area contributed by atoms with Crippen LogP contribution in [0.1, 0.15) is 40.5 Å². The Kier molecular flexibility index (Phi) is 5.68. The fourth-order valence-corrected chi connectivity index (χ4v) is 8.25. The van der Waals surface area contributed by atoms with Crippen molar-refractivity contribution in [2.75, 3.05) is 13.7 Å². The summed E-state index contributed by atoms with van der Waals surface area (Å²) in [5, 5.41) is 33.6. The van der Waals surface area contributed by atoms with Gasteiger partial charge in [0, 0.05) is 23.8 Å². The standard InChI is InChI=1S/C26H32O11/c1-10(2)6-15(28)37-18-20-25-9-35-26(20,23(33)34-5)21(31)17(30)19(25)24(4)8-13(27)16(29)11(3)12(24)7-14(25)36-22(18)32/h6,12,14,17-21,29-31H,7-9H2,1-5H3/t12-,14+,17+,18+,19+,20+,21-,24-,25+,26-/m1/s1. The van der Waals surface area contributed by atoms with Crippen LogP contribution in [0.25, 0.3) is 0 Å². The van der Waals surface area contributed by atoms with E-state index in [1.807, 2.05) is 0 Å². The summed E-state index contributed by atoms with van der Waals surface area (Å²) in [5.74, 6) is -6.30. The van der Waals surface area contributed by atoms with Gasteiger partial charge in [0.1, 0.15) is 12.2 Å². The van der Waals surface area contributed by atoms with Gasteiger partial charge in [0.05, 0.1) is 25.7 Å². The van der Waals surface area contributed by atoms with Crippen molar-refractivity contribution in [1.82, 2.24) is 0 Å². The van der Waals surface area contributed by atoms with Crippen LogP contribution >= 0.6 is 0 Å². The van der Waals surface area contributed by atoms with E-state index >= 15 is 0 Å². The Morgan fingerprint density at radius 2 is 1.84 bits per heavy atom. The van der Waals surface area contributed by atoms with E-state index in [-0.39, 0.29) is 25.2 Å². The van der Waals surface area contributed by atoms with Crippen molar-refractivity contribution in [2.45, 2.75) is 70.6 Å². The number of methoxy groups -OCH3 is 1. The molecule has 11 heteroatoms. The number of aliphatic hydroxyl groups is 3. The van der Waals surface area contributed by atoms with Crippen LogP contribution in [0.4, 0.5) is 0 Å². The number of hydrogen-bond donors (Lipinski definition) is 3. The first-order chi connectivity index (χ1) is 17.3. The van der Waals surface area contributed by atoms with Crippen LogP contribution in [0.3, 0.4) is 0 Å². The molecule has 0 aromatic rings. The lowest BCUT2D eigenvalue weighted by molar-refractivity contribution is -0.290. The first-order valence-electron chi connectivity index (χ1n) is 12.3. The number of carbonyl (C=O) groups is 4. The summed E-state index contributed by atoms with van der Waals surface area (Å²) in [6.45, 7) is 6.53. The van der Waals surface area contributed by atoms with Gasteiger partial charge in [-0.15, -0.1) is 0 Å². The van der Waals surface area contributed by atoms with Gasteiger partial charge in [0.25, 0.3) is 0 Å². The summed E-state index contributed by atoms with van der Waals surface area (Å²) in [6, 6.07) is 0. The molecule has 0 aromatic heterocycles. The fourth-order valence-electron chi connectivity index (χ4n) is 8.25. The highest BCUT2D eigenvalue weighted by molar-refractivity contribution is 5.95. The molecule has 0 aromatic carbocycles. The molecule has 3 N–H and O–H groups in total. The molecule has 5 aliphatic rings. The van der Waals surface area contributed by atoms with Gasteiger partial charge in [-0.1, -0.05) is 12.5 Å². The molecule has 2 bridgehead atoms. The Hall–Kier alpha value is -2.76. The van der Waals surface area contributed by atoms with E-state index in [1.54, 1.807) is 27.7 Å². The van der Waals surface area contributed by atoms with Crippen molar-refractivity contribution in [3.8, 4) is 0 Å². The van der Waals surface area contributed by atoms with E-state index < -0.39 is 82.3 Å². The Labute approximate surface area is 213 Å². The molecule has 4 fully saturated rings. The minimum atomic E-state index is -2.22. The molecule has 1 spiro atoms. The largest absolute Gasteiger partial charge is 0.504 e. The van der Waals surface area contributed by atoms with E-state index in [0.29, 0.717) is 11.1 Å². The van der Waals surface area contributed by atoms with Gasteiger partial charge in [-0.3, -0.25) is 4.79 Å². The van der Waals surface area contributed by atoms with Crippen LogP contribution in [0, 0.1) is 28.6 Å². The van der Waals surface area contributed by atoms with Crippen molar-refractivity contribution >= 4 is 23.7 Å². The number of carbonyl (C=O) groups excluding carboxylic acids is 4. The predicted octanol–water partition coefficient (Wildman–Crippen LogP) is 0.517. The van der Waals surface area contributed by atoms with E-state index in [1.165, 1.54) is 6.08 Å². The molecule has 2 saturated heterocycles. The number of hydrogen-bond acceptors (Lipinski definition) is 11. The van der Waals surface area contributed by atoms with E-state index in [4.69, 9.17) is 18.9 Å². The summed E-state index contributed by atoms with van der Waals surface area (Å²) in [6.07, 6.45) is -4.79. The number of fused-ring (bicyclic) bond motifs is 2. The second kappa shape index (κ2) is 8.12. The van der Waals surface area contributed by atoms with Crippen LogP contribution in [0.15, 0.2) is 23.0 Å². The van der Waals surface area contributed by atoms with Gasteiger partial charge in [-0.05, 0) is 44.1 Å². The number of rotatable bonds is 3. The van der Waals surface area contributed by atoms with Crippen LogP contribution in [0.5, 0.6) is 0 Å². The maximum atomic E-state index is 13.4. The van der Waals surface area contributed by atoms with Crippen LogP contribution in [0.2, 0.25) is 0 Å². The second-order valence-corrected chi connectivity index (χ2v) is 11.5. The number of allylic oxidation sites excluding steroid dienone is 3. The lowest BCUT2D eigenvalue weighted by Gasteiger charge is -2.67. The Morgan fingerprint density at radius 3 is 2.46 bits per heavy atom. The monoisotopic (exact) mass is 520 g/mol. The van der Waals surface area contributed by atoms with Crippen LogP contribution in [-0.4, -0.2) is 82.7 Å². The lowest BCUT2D eigenvalue weighted by Crippen LogP contribution is -2.79. The average molecular weight is 521 g/mol. The molecule has 2 saturated carbocycles. The third-order valence-electron chi connectivity index (χ3n) is 9.49. The zero-order chi connectivity index (χ0) is 27.2. The van der Waals surface area contributed by atoms with Crippen molar-refractivity contribution < 1.29 is 53.4 Å². The molecule has 0 radical (unpaired) electrons. The number of Topliss-reactive ketones (excluding diaryl/α,β-unsaturated/α-hetero) is 1. The normalized spacial score (nSPS) is 45.9. The molecule has 10 atom stereocenters. The fraction of sp³-hybridized carbons (Fsp3) is 0.692. The maximum Gasteiger partial charge on any atom is 0.348 e. The third-order valence-corrected chi connectivity index (χ3v) is 9.49. The lowest BCUT2D eigenvalue weighted by atomic mass is 9.38. The maximum absolute atomic E-state index is 13.4. The summed E-state index contributed by atoms with van der Waals surface area (Å²) in [5.41, 5.74) is -3.50. The predicted molar refractivity (Wildman–Crippen MR) is 122 cm³/mol. The quantitative estimate of drug-likeness (QED) is 0.270. The number of esters is 3. The molecule has 2 heterocycles. The Balaban J connectivity index is 1.74. The van der Waals surface area contributed by atoms with E-state index in [0.717, 1.165) is 7.11 Å². The number of aliphatic hydroxyl groups excluding tert-OH is 3. The molecule has 37 heavy (non-hydrogen) atoms. The first-order valence-corrected chi connectivity index (χ1v) is 12.3. The van der Waals surface area contributed by atoms with E-state index in [2.05, 4.69) is 0 Å². The molecule has 3 aliphatic carbocycles. The number of ketones is 1. The third kappa shape index (κ3) is 3.04. The summed E-state index contributed by atoms with van der Waals surface area (Å²) < 4.78 is 22.5. The molecular weight excluding hydrogens is 488 g/mol. The molecule has 0 unspecified atom stereocenters. The van der Waals surface area contributed by atoms with Crippen molar-refractivity contribution in [3.63, 3.8) is 0 Å². The van der Waals surface area contributed by atoms with Gasteiger partial charge in [0.15, 0.2) is 11.5 Å². The highest BCUT2D eigenvalue weighted by Crippen LogP contribution is 2.72. The van der Waals surface area contributed by atoms with Crippen molar-refractivity contribution in [1.29, 1.82) is 0 Å². The zero-order valence-corrected chi connectivity index (χ0v) is 21.3. The zero-order valence-electron chi connectivity index (χ0n) is 21.3. The van der Waals surface area contributed by atoms with Gasteiger partial charge in [-0.2, -0.15) is 0 Å². The van der Waals surface area contributed by atoms with Gasteiger partial charge in [0.2, 0.25) is 11.7 Å². The van der Waals surface area contributed by atoms with Crippen molar-refractivity contribution in [3.05, 3.63) is 23.0 Å². The molecule has 0 amide bonds. The molecule has 5 rings (SSSR count). The highest BCUT2D eigenvalue weighted by atomic mass is 16.6. The summed E-state index contributed by atoms with van der Waals surface area (Å²) in [4.78, 5) is 52.2. The van der Waals surface area contributed by atoms with Crippen LogP contribution in [-0.2, 0) is 38.1 Å². The van der Waals surface area contributed by atoms with E-state index in [9.17, 15) is 34.5 Å². The van der Waals surface area contributed by atoms with Gasteiger partial charge >= 0.3 is 17.9 Å². The van der Waals surface area contributed by atoms with Crippen molar-refractivity contribution in [2.24, 2.45) is 28.6 Å². The Bertz CT molecular complexity index is 1150. The smallest absolute Gasteiger partial charge is 0.348 e. The average Bonchev–Trinajstić information content (AvgIpc) is 3.12. The Morgan fingerprint density at radius 1 is 1.16 bits per heavy atom. The topological polar surface area (TPSA) is 166 Å². The molecule has 2 aliphatic heterocycles. The minimum absolute atomic E-state index is 0.141. The second-order valence-electron chi connectivity index (χ2n) is 11.5. The minimum Gasteiger partial charge on any atom is -0.504 e. The molecule has 202 valence electrons.